The van der Waals surface area contributed by atoms with Crippen molar-refractivity contribution in [3.8, 4) is 5.75 Å². The van der Waals surface area contributed by atoms with Crippen LogP contribution in [0.25, 0.3) is 0 Å². The van der Waals surface area contributed by atoms with Gasteiger partial charge in [0.05, 0.1) is 11.5 Å². The number of amidine groups is 1. The summed E-state index contributed by atoms with van der Waals surface area (Å²) in [6, 6.07) is 14.8. The van der Waals surface area contributed by atoms with Gasteiger partial charge >= 0.3 is 0 Å². The van der Waals surface area contributed by atoms with Crippen LogP contribution in [0.4, 0.5) is 0 Å². The zero-order valence-electron chi connectivity index (χ0n) is 13.1. The molecule has 122 valence electrons. The van der Waals surface area contributed by atoms with Crippen LogP contribution in [0.3, 0.4) is 0 Å². The summed E-state index contributed by atoms with van der Waals surface area (Å²) in [5, 5.41) is 20.3. The molecule has 0 saturated carbocycles. The predicted molar refractivity (Wildman–Crippen MR) is 97.5 cm³/mol. The Hall–Kier alpha value is -2.60. The van der Waals surface area contributed by atoms with Gasteiger partial charge in [0, 0.05) is 0 Å². The van der Waals surface area contributed by atoms with Crippen molar-refractivity contribution in [1.82, 2.24) is 5.32 Å². The van der Waals surface area contributed by atoms with Crippen molar-refractivity contribution in [3.05, 3.63) is 65.2 Å². The van der Waals surface area contributed by atoms with Crippen LogP contribution >= 0.6 is 11.8 Å². The van der Waals surface area contributed by atoms with Crippen LogP contribution in [0.5, 0.6) is 5.75 Å². The van der Waals surface area contributed by atoms with Gasteiger partial charge in [0.15, 0.2) is 5.17 Å². The standard InChI is InChI=1S/C18H17N3O2S/c1-12-3-2-4-14(9-12)10-16-17(23)20-18(24-16)21-19-11-13-5-7-15(22)8-6-13/h2-9,11,16,22H,10H2,1H3,(H,20,21,23)/b19-11+/t16-/m1/s1. The number of rotatable bonds is 4. The third-order valence-electron chi connectivity index (χ3n) is 3.53. The molecule has 1 aliphatic heterocycles. The number of thioether (sulfide) groups is 1. The number of carbonyl (C=O) groups is 1. The number of phenolic OH excluding ortho intramolecular Hbond substituents is 1. The molecule has 2 aromatic carbocycles. The van der Waals surface area contributed by atoms with Crippen molar-refractivity contribution < 1.29 is 9.90 Å². The first kappa shape index (κ1) is 16.3. The Morgan fingerprint density at radius 2 is 2.04 bits per heavy atom. The van der Waals surface area contributed by atoms with Gasteiger partial charge in [-0.2, -0.15) is 5.10 Å². The fraction of sp³-hybridized carbons (Fsp3) is 0.167. The van der Waals surface area contributed by atoms with Gasteiger partial charge in [-0.05, 0) is 48.7 Å². The normalized spacial score (nSPS) is 19.1. The lowest BCUT2D eigenvalue weighted by molar-refractivity contribution is -0.118. The molecule has 0 aliphatic carbocycles. The Morgan fingerprint density at radius 1 is 1.25 bits per heavy atom. The number of nitrogens with one attached hydrogen (secondary N) is 1. The van der Waals surface area contributed by atoms with Crippen LogP contribution in [-0.2, 0) is 11.2 Å². The molecular weight excluding hydrogens is 322 g/mol. The number of aryl methyl sites for hydroxylation is 1. The number of amides is 1. The molecule has 0 unspecified atom stereocenters. The van der Waals surface area contributed by atoms with Crippen molar-refractivity contribution in [1.29, 1.82) is 0 Å². The van der Waals surface area contributed by atoms with Gasteiger partial charge in [0.1, 0.15) is 5.75 Å². The first-order valence-electron chi connectivity index (χ1n) is 7.53. The van der Waals surface area contributed by atoms with Crippen molar-refractivity contribution in [2.24, 2.45) is 10.2 Å². The van der Waals surface area contributed by atoms with Crippen molar-refractivity contribution in [2.75, 3.05) is 0 Å². The average molecular weight is 339 g/mol. The second-order valence-electron chi connectivity index (χ2n) is 5.53. The molecule has 3 rings (SSSR count). The van der Waals surface area contributed by atoms with Gasteiger partial charge in [0.25, 0.3) is 0 Å². The second kappa shape index (κ2) is 7.31. The van der Waals surface area contributed by atoms with E-state index in [1.54, 1.807) is 30.5 Å². The molecule has 0 spiro atoms. The molecule has 0 aromatic heterocycles. The van der Waals surface area contributed by atoms with E-state index in [1.807, 2.05) is 25.1 Å². The van der Waals surface area contributed by atoms with E-state index in [4.69, 9.17) is 0 Å². The summed E-state index contributed by atoms with van der Waals surface area (Å²) in [4.78, 5) is 12.1. The third kappa shape index (κ3) is 4.23. The Bertz CT molecular complexity index is 800. The highest BCUT2D eigenvalue weighted by molar-refractivity contribution is 8.15. The fourth-order valence-corrected chi connectivity index (χ4v) is 3.31. The van der Waals surface area contributed by atoms with Crippen LogP contribution in [0.15, 0.2) is 58.7 Å². The Kier molecular flexibility index (Phi) is 4.96. The molecule has 2 aromatic rings. The van der Waals surface area contributed by atoms with Crippen LogP contribution in [0.2, 0.25) is 0 Å². The Morgan fingerprint density at radius 3 is 2.79 bits per heavy atom. The van der Waals surface area contributed by atoms with E-state index in [1.165, 1.54) is 17.3 Å². The van der Waals surface area contributed by atoms with Crippen LogP contribution in [0.1, 0.15) is 16.7 Å². The van der Waals surface area contributed by atoms with Gasteiger partial charge < -0.3 is 10.4 Å². The molecule has 0 radical (unpaired) electrons. The molecule has 1 heterocycles. The molecule has 2 N–H and O–H groups in total. The Labute approximate surface area is 144 Å². The maximum atomic E-state index is 12.1. The minimum Gasteiger partial charge on any atom is -0.508 e. The average Bonchev–Trinajstić information content (AvgIpc) is 2.89. The highest BCUT2D eigenvalue weighted by Crippen LogP contribution is 2.23. The predicted octanol–water partition coefficient (Wildman–Crippen LogP) is 2.86. The summed E-state index contributed by atoms with van der Waals surface area (Å²) in [6.07, 6.45) is 2.24. The van der Waals surface area contributed by atoms with Gasteiger partial charge in [-0.3, -0.25) is 4.79 Å². The summed E-state index contributed by atoms with van der Waals surface area (Å²) in [5.74, 6) is 0.163. The van der Waals surface area contributed by atoms with E-state index in [2.05, 4.69) is 21.6 Å². The van der Waals surface area contributed by atoms with E-state index in [9.17, 15) is 9.90 Å². The number of benzene rings is 2. The molecule has 24 heavy (non-hydrogen) atoms. The minimum absolute atomic E-state index is 0.0416. The quantitative estimate of drug-likeness (QED) is 0.664. The van der Waals surface area contributed by atoms with E-state index < -0.39 is 0 Å². The van der Waals surface area contributed by atoms with Gasteiger partial charge in [-0.1, -0.05) is 41.6 Å². The highest BCUT2D eigenvalue weighted by Gasteiger charge is 2.30. The van der Waals surface area contributed by atoms with E-state index in [0.717, 1.165) is 11.1 Å². The molecule has 1 saturated heterocycles. The maximum absolute atomic E-state index is 12.1. The van der Waals surface area contributed by atoms with Gasteiger partial charge in [-0.15, -0.1) is 5.10 Å². The molecule has 1 amide bonds. The SMILES string of the molecule is Cc1cccc(C[C@H]2S/C(=N/N=C/c3ccc(O)cc3)NC2=O)c1. The Balaban J connectivity index is 1.62. The van der Waals surface area contributed by atoms with E-state index in [0.29, 0.717) is 11.6 Å². The summed E-state index contributed by atoms with van der Waals surface area (Å²) in [5.41, 5.74) is 3.14. The zero-order chi connectivity index (χ0) is 16.9. The minimum atomic E-state index is -0.186. The first-order valence-corrected chi connectivity index (χ1v) is 8.41. The third-order valence-corrected chi connectivity index (χ3v) is 4.60. The number of aromatic hydroxyl groups is 1. The topological polar surface area (TPSA) is 74.1 Å². The molecule has 1 atom stereocenters. The van der Waals surface area contributed by atoms with Crippen molar-refractivity contribution in [3.63, 3.8) is 0 Å². The number of hydrogen-bond acceptors (Lipinski definition) is 5. The van der Waals surface area contributed by atoms with Crippen LogP contribution in [-0.4, -0.2) is 27.6 Å². The van der Waals surface area contributed by atoms with Crippen LogP contribution < -0.4 is 5.32 Å². The largest absolute Gasteiger partial charge is 0.508 e. The molecular formula is C18H17N3O2S. The summed E-state index contributed by atoms with van der Waals surface area (Å²) in [6.45, 7) is 2.04. The summed E-state index contributed by atoms with van der Waals surface area (Å²) in [7, 11) is 0. The van der Waals surface area contributed by atoms with Crippen molar-refractivity contribution in [2.45, 2.75) is 18.6 Å². The van der Waals surface area contributed by atoms with E-state index >= 15 is 0 Å². The fourth-order valence-electron chi connectivity index (χ4n) is 2.35. The lowest BCUT2D eigenvalue weighted by Crippen LogP contribution is -2.25. The first-order chi connectivity index (χ1) is 11.6. The lowest BCUT2D eigenvalue weighted by Gasteiger charge is -2.05. The molecule has 1 fully saturated rings. The lowest BCUT2D eigenvalue weighted by atomic mass is 10.1. The van der Waals surface area contributed by atoms with E-state index in [-0.39, 0.29) is 16.9 Å². The number of carbonyl (C=O) groups excluding carboxylic acids is 1. The second-order valence-corrected chi connectivity index (χ2v) is 6.72. The maximum Gasteiger partial charge on any atom is 0.239 e. The highest BCUT2D eigenvalue weighted by atomic mass is 32.2. The van der Waals surface area contributed by atoms with Gasteiger partial charge in [0.2, 0.25) is 5.91 Å². The molecule has 0 bridgehead atoms. The van der Waals surface area contributed by atoms with Crippen molar-refractivity contribution >= 4 is 29.1 Å². The molecule has 1 aliphatic rings. The zero-order valence-corrected chi connectivity index (χ0v) is 14.0. The van der Waals surface area contributed by atoms with Gasteiger partial charge in [-0.25, -0.2) is 0 Å². The van der Waals surface area contributed by atoms with Crippen LogP contribution in [0, 0.1) is 6.92 Å². The number of nitrogens with zero attached hydrogens (tertiary/aromatic N) is 2. The number of hydrogen-bond donors (Lipinski definition) is 2. The monoisotopic (exact) mass is 339 g/mol. The molecule has 6 heteroatoms. The number of phenols is 1. The summed E-state index contributed by atoms with van der Waals surface area (Å²) >= 11 is 1.39. The summed E-state index contributed by atoms with van der Waals surface area (Å²) < 4.78 is 0. The molecule has 5 nitrogen and oxygen atoms in total. The smallest absolute Gasteiger partial charge is 0.239 e.